The third-order valence-electron chi connectivity index (χ3n) is 4.86. The van der Waals surface area contributed by atoms with Crippen LogP contribution in [0.4, 0.5) is 4.39 Å². The summed E-state index contributed by atoms with van der Waals surface area (Å²) in [7, 11) is -10.2. The lowest BCUT2D eigenvalue weighted by molar-refractivity contribution is -0.108. The molecule has 162 valence electrons. The first kappa shape index (κ1) is 23.3. The van der Waals surface area contributed by atoms with Gasteiger partial charge in [-0.2, -0.15) is 0 Å². The molecule has 3 aromatic carbocycles. The number of rotatable bonds is 8. The zero-order chi connectivity index (χ0) is 22.7. The van der Waals surface area contributed by atoms with E-state index in [4.69, 9.17) is 0 Å². The van der Waals surface area contributed by atoms with Crippen molar-refractivity contribution in [3.63, 3.8) is 0 Å². The Morgan fingerprint density at radius 1 is 0.774 bits per heavy atom. The molecule has 3 aromatic rings. The van der Waals surface area contributed by atoms with Gasteiger partial charge in [0.2, 0.25) is 19.7 Å². The Kier molecular flexibility index (Phi) is 6.78. The number of alkyl halides is 1. The molecule has 1 atom stereocenters. The summed E-state index contributed by atoms with van der Waals surface area (Å²) in [5, 5.41) is 0. The molecular formula is C22H18BrFO5S2. The van der Waals surface area contributed by atoms with Gasteiger partial charge in [-0.15, -0.1) is 0 Å². The number of aldehydes is 1. The molecule has 0 saturated carbocycles. The van der Waals surface area contributed by atoms with Crippen LogP contribution in [0.3, 0.4) is 0 Å². The minimum atomic E-state index is -5.11. The summed E-state index contributed by atoms with van der Waals surface area (Å²) in [6, 6.07) is 18.9. The number of benzene rings is 3. The summed E-state index contributed by atoms with van der Waals surface area (Å²) < 4.78 is 68.0. The van der Waals surface area contributed by atoms with Crippen molar-refractivity contribution in [1.29, 1.82) is 0 Å². The van der Waals surface area contributed by atoms with E-state index in [1.54, 1.807) is 0 Å². The van der Waals surface area contributed by atoms with E-state index in [2.05, 4.69) is 15.9 Å². The molecule has 0 fully saturated rings. The standard InChI is InChI=1S/C22H18BrFO5S2/c23-18-13-11-17(12-14-18)21(15-16-25)22(24,30(26,27)19-7-3-1-4-8-19)31(28,29)20-9-5-2-6-10-20/h1-14,16,21H,15H2/t21-/m0/s1. The minimum absolute atomic E-state index is 0.0665. The third kappa shape index (κ3) is 4.09. The molecule has 0 radical (unpaired) electrons. The van der Waals surface area contributed by atoms with Crippen LogP contribution in [-0.4, -0.2) is 27.5 Å². The summed E-state index contributed by atoms with van der Waals surface area (Å²) in [6.07, 6.45) is -0.335. The van der Waals surface area contributed by atoms with Crippen LogP contribution in [0.15, 0.2) is 99.2 Å². The SMILES string of the molecule is O=CC[C@@H](c1ccc(Br)cc1)C(F)(S(=O)(=O)c1ccccc1)S(=O)(=O)c1ccccc1. The molecular weight excluding hydrogens is 507 g/mol. The zero-order valence-electron chi connectivity index (χ0n) is 16.1. The lowest BCUT2D eigenvalue weighted by Gasteiger charge is -2.32. The van der Waals surface area contributed by atoms with Crippen LogP contribution >= 0.6 is 15.9 Å². The van der Waals surface area contributed by atoms with Gasteiger partial charge in [0.1, 0.15) is 6.29 Å². The Hall–Kier alpha value is -2.36. The molecule has 5 nitrogen and oxygen atoms in total. The van der Waals surface area contributed by atoms with Crippen molar-refractivity contribution in [2.45, 2.75) is 26.5 Å². The molecule has 9 heteroatoms. The quantitative estimate of drug-likeness (QED) is 0.399. The molecule has 0 aromatic heterocycles. The highest BCUT2D eigenvalue weighted by atomic mass is 79.9. The fraction of sp³-hybridized carbons (Fsp3) is 0.136. The van der Waals surface area contributed by atoms with E-state index in [9.17, 15) is 21.6 Å². The normalized spacial score (nSPS) is 13.5. The maximum atomic E-state index is 17.0. The highest BCUT2D eigenvalue weighted by Crippen LogP contribution is 2.48. The van der Waals surface area contributed by atoms with Crippen LogP contribution < -0.4 is 0 Å². The average Bonchev–Trinajstić information content (AvgIpc) is 2.78. The van der Waals surface area contributed by atoms with Gasteiger partial charge in [0.05, 0.1) is 15.7 Å². The number of carbonyl (C=O) groups excluding carboxylic acids is 1. The highest BCUT2D eigenvalue weighted by Gasteiger charge is 2.62. The Morgan fingerprint density at radius 2 is 1.19 bits per heavy atom. The van der Waals surface area contributed by atoms with Crippen molar-refractivity contribution < 1.29 is 26.0 Å². The fourth-order valence-electron chi connectivity index (χ4n) is 3.31. The first-order valence-corrected chi connectivity index (χ1v) is 12.9. The summed E-state index contributed by atoms with van der Waals surface area (Å²) in [4.78, 5) is 10.5. The largest absolute Gasteiger partial charge is 0.324 e. The van der Waals surface area contributed by atoms with Gasteiger partial charge in [0.15, 0.2) is 0 Å². The van der Waals surface area contributed by atoms with Crippen LogP contribution in [0.1, 0.15) is 17.9 Å². The third-order valence-corrected chi connectivity index (χ3v) is 10.5. The van der Waals surface area contributed by atoms with Crippen molar-refractivity contribution in [3.05, 3.63) is 95.0 Å². The number of sulfone groups is 2. The van der Waals surface area contributed by atoms with Gasteiger partial charge in [-0.05, 0) is 42.0 Å². The number of hydrogen-bond donors (Lipinski definition) is 0. The first-order chi connectivity index (χ1) is 14.7. The molecule has 0 aliphatic rings. The van der Waals surface area contributed by atoms with Crippen molar-refractivity contribution in [2.24, 2.45) is 0 Å². The summed E-state index contributed by atoms with van der Waals surface area (Å²) >= 11 is 3.24. The van der Waals surface area contributed by atoms with E-state index in [0.29, 0.717) is 10.8 Å². The van der Waals surface area contributed by atoms with Crippen LogP contribution in [0.2, 0.25) is 0 Å². The molecule has 0 heterocycles. The number of halogens is 2. The molecule has 0 unspecified atom stereocenters. The molecule has 0 aliphatic heterocycles. The molecule has 0 bridgehead atoms. The second kappa shape index (κ2) is 9.02. The second-order valence-corrected chi connectivity index (χ2v) is 12.0. The van der Waals surface area contributed by atoms with Gasteiger partial charge in [0.25, 0.3) is 0 Å². The van der Waals surface area contributed by atoms with E-state index in [0.717, 1.165) is 24.3 Å². The van der Waals surface area contributed by atoms with Gasteiger partial charge in [-0.3, -0.25) is 0 Å². The smallest absolute Gasteiger partial charge is 0.303 e. The number of hydrogen-bond acceptors (Lipinski definition) is 5. The van der Waals surface area contributed by atoms with Crippen LogP contribution in [0.25, 0.3) is 0 Å². The maximum absolute atomic E-state index is 17.0. The van der Waals surface area contributed by atoms with Gasteiger partial charge in [-0.25, -0.2) is 21.2 Å². The van der Waals surface area contributed by atoms with Gasteiger partial charge in [-0.1, -0.05) is 64.5 Å². The van der Waals surface area contributed by atoms with Gasteiger partial charge < -0.3 is 4.79 Å². The summed E-state index contributed by atoms with van der Waals surface area (Å²) in [5.41, 5.74) is 0.0665. The Bertz CT molecular complexity index is 1190. The minimum Gasteiger partial charge on any atom is -0.303 e. The van der Waals surface area contributed by atoms with E-state index in [1.807, 2.05) is 0 Å². The lowest BCUT2D eigenvalue weighted by Crippen LogP contribution is -2.47. The van der Waals surface area contributed by atoms with Crippen LogP contribution in [-0.2, 0) is 24.5 Å². The molecule has 0 aliphatic carbocycles. The van der Waals surface area contributed by atoms with E-state index in [-0.39, 0.29) is 5.56 Å². The molecule has 0 N–H and O–H groups in total. The zero-order valence-corrected chi connectivity index (χ0v) is 19.3. The predicted molar refractivity (Wildman–Crippen MR) is 119 cm³/mol. The Balaban J connectivity index is 2.38. The van der Waals surface area contributed by atoms with Crippen LogP contribution in [0.5, 0.6) is 0 Å². The molecule has 3 rings (SSSR count). The van der Waals surface area contributed by atoms with Crippen molar-refractivity contribution in [1.82, 2.24) is 0 Å². The second-order valence-electron chi connectivity index (χ2n) is 6.72. The summed E-state index contributed by atoms with van der Waals surface area (Å²) in [6.45, 7) is 0. The number of carbonyl (C=O) groups is 1. The highest BCUT2D eigenvalue weighted by molar-refractivity contribution is 9.10. The van der Waals surface area contributed by atoms with Crippen molar-refractivity contribution in [2.75, 3.05) is 0 Å². The first-order valence-electron chi connectivity index (χ1n) is 9.13. The van der Waals surface area contributed by atoms with Crippen molar-refractivity contribution >= 4 is 41.9 Å². The van der Waals surface area contributed by atoms with E-state index >= 15 is 4.39 Å². The molecule has 0 saturated heterocycles. The monoisotopic (exact) mass is 524 g/mol. The van der Waals surface area contributed by atoms with Gasteiger partial charge >= 0.3 is 4.33 Å². The Morgan fingerprint density at radius 3 is 1.58 bits per heavy atom. The fourth-order valence-corrected chi connectivity index (χ4v) is 8.19. The Labute approximate surface area is 188 Å². The average molecular weight is 525 g/mol. The van der Waals surface area contributed by atoms with Gasteiger partial charge in [0, 0.05) is 10.9 Å². The maximum Gasteiger partial charge on any atom is 0.324 e. The topological polar surface area (TPSA) is 85.3 Å². The molecule has 0 amide bonds. The van der Waals surface area contributed by atoms with Crippen LogP contribution in [0, 0.1) is 0 Å². The van der Waals surface area contributed by atoms with E-state index in [1.165, 1.54) is 60.7 Å². The summed E-state index contributed by atoms with van der Waals surface area (Å²) in [5.74, 6) is -1.80. The lowest BCUT2D eigenvalue weighted by atomic mass is 9.97. The van der Waals surface area contributed by atoms with Crippen molar-refractivity contribution in [3.8, 4) is 0 Å². The molecule has 0 spiro atoms. The van der Waals surface area contributed by atoms with E-state index < -0.39 is 46.1 Å². The molecule has 31 heavy (non-hydrogen) atoms. The predicted octanol–water partition coefficient (Wildman–Crippen LogP) is 4.69.